The van der Waals surface area contributed by atoms with Gasteiger partial charge in [-0.25, -0.2) is 0 Å². The van der Waals surface area contributed by atoms with E-state index in [1.54, 1.807) is 66.7 Å². The Morgan fingerprint density at radius 1 is 0.706 bits per heavy atom. The molecule has 0 N–H and O–H groups in total. The first kappa shape index (κ1) is 22.8. The lowest BCUT2D eigenvalue weighted by Crippen LogP contribution is -2.36. The molecule has 0 saturated carbocycles. The number of nitrogens with zero attached hydrogens (tertiary/aromatic N) is 1. The molecule has 34 heavy (non-hydrogen) atoms. The molecule has 1 aliphatic heterocycles. The van der Waals surface area contributed by atoms with Crippen molar-refractivity contribution in [3.8, 4) is 17.2 Å². The van der Waals surface area contributed by atoms with Crippen molar-refractivity contribution in [2.75, 3.05) is 27.9 Å². The van der Waals surface area contributed by atoms with Gasteiger partial charge in [0.1, 0.15) is 5.75 Å². The van der Waals surface area contributed by atoms with Crippen LogP contribution in [-0.2, 0) is 9.59 Å². The van der Waals surface area contributed by atoms with Crippen LogP contribution >= 0.6 is 0 Å². The lowest BCUT2D eigenvalue weighted by atomic mass is 9.96. The van der Waals surface area contributed by atoms with Crippen LogP contribution in [0, 0.1) is 0 Å². The Bertz CT molecular complexity index is 1280. The van der Waals surface area contributed by atoms with Crippen molar-refractivity contribution in [2.45, 2.75) is 0 Å². The quantitative estimate of drug-likeness (QED) is 0.377. The molecule has 0 aromatic heterocycles. The second-order valence-corrected chi connectivity index (χ2v) is 7.53. The van der Waals surface area contributed by atoms with E-state index < -0.39 is 11.8 Å². The van der Waals surface area contributed by atoms with Gasteiger partial charge in [-0.15, -0.1) is 0 Å². The zero-order valence-corrected chi connectivity index (χ0v) is 19.0. The van der Waals surface area contributed by atoms with Crippen molar-refractivity contribution in [1.82, 2.24) is 4.90 Å². The van der Waals surface area contributed by atoms with E-state index in [9.17, 15) is 14.4 Å². The fourth-order valence-corrected chi connectivity index (χ4v) is 3.86. The van der Waals surface area contributed by atoms with E-state index in [0.29, 0.717) is 33.9 Å². The van der Waals surface area contributed by atoms with Crippen molar-refractivity contribution in [3.63, 3.8) is 0 Å². The summed E-state index contributed by atoms with van der Waals surface area (Å²) in [5.41, 5.74) is 1.90. The van der Waals surface area contributed by atoms with Gasteiger partial charge in [0.25, 0.3) is 11.8 Å². The summed E-state index contributed by atoms with van der Waals surface area (Å²) >= 11 is 0. The molecule has 0 spiro atoms. The first-order valence-electron chi connectivity index (χ1n) is 10.5. The largest absolute Gasteiger partial charge is 0.497 e. The minimum absolute atomic E-state index is 0.208. The topological polar surface area (TPSA) is 82.1 Å². The van der Waals surface area contributed by atoms with E-state index in [4.69, 9.17) is 14.2 Å². The molecule has 0 radical (unpaired) electrons. The van der Waals surface area contributed by atoms with Gasteiger partial charge in [0.2, 0.25) is 0 Å². The summed E-state index contributed by atoms with van der Waals surface area (Å²) in [4.78, 5) is 40.9. The highest BCUT2D eigenvalue weighted by Crippen LogP contribution is 2.38. The molecule has 3 aromatic rings. The first-order valence-corrected chi connectivity index (χ1v) is 10.5. The first-order chi connectivity index (χ1) is 16.5. The van der Waals surface area contributed by atoms with Gasteiger partial charge in [0.15, 0.2) is 17.3 Å². The van der Waals surface area contributed by atoms with Gasteiger partial charge in [0, 0.05) is 5.56 Å². The Morgan fingerprint density at radius 3 is 1.91 bits per heavy atom. The SMILES string of the molecule is COc1ccc(C(=O)CN2C(=O)C(c3ccccc3)=C(c3ccc(OC)c(OC)c3)C2=O)cc1. The number of benzene rings is 3. The molecule has 2 amide bonds. The zero-order chi connectivity index (χ0) is 24.2. The fourth-order valence-electron chi connectivity index (χ4n) is 3.86. The van der Waals surface area contributed by atoms with Crippen LogP contribution in [0.15, 0.2) is 72.8 Å². The van der Waals surface area contributed by atoms with Gasteiger partial charge in [-0.05, 0) is 47.5 Å². The van der Waals surface area contributed by atoms with Gasteiger partial charge in [0.05, 0.1) is 39.0 Å². The minimum atomic E-state index is -0.544. The van der Waals surface area contributed by atoms with E-state index in [2.05, 4.69) is 0 Å². The predicted molar refractivity (Wildman–Crippen MR) is 127 cm³/mol. The third-order valence-electron chi connectivity index (χ3n) is 5.62. The van der Waals surface area contributed by atoms with Crippen LogP contribution in [0.4, 0.5) is 0 Å². The monoisotopic (exact) mass is 457 g/mol. The van der Waals surface area contributed by atoms with Crippen molar-refractivity contribution in [3.05, 3.63) is 89.5 Å². The third-order valence-corrected chi connectivity index (χ3v) is 5.62. The van der Waals surface area contributed by atoms with E-state index in [1.165, 1.54) is 21.3 Å². The van der Waals surface area contributed by atoms with Gasteiger partial charge < -0.3 is 14.2 Å². The van der Waals surface area contributed by atoms with Crippen LogP contribution in [0.2, 0.25) is 0 Å². The minimum Gasteiger partial charge on any atom is -0.497 e. The second-order valence-electron chi connectivity index (χ2n) is 7.53. The molecule has 3 aromatic carbocycles. The molecule has 0 aliphatic carbocycles. The predicted octanol–water partition coefficient (Wildman–Crippen LogP) is 3.87. The Balaban J connectivity index is 1.74. The highest BCUT2D eigenvalue weighted by atomic mass is 16.5. The number of carbonyl (C=O) groups excluding carboxylic acids is 3. The summed E-state index contributed by atoms with van der Waals surface area (Å²) in [6.45, 7) is -0.378. The molecule has 7 heteroatoms. The standard InChI is InChI=1S/C27H23NO6/c1-32-20-12-9-17(10-13-20)21(29)16-28-26(30)24(18-7-5-4-6-8-18)25(27(28)31)19-11-14-22(33-2)23(15-19)34-3/h4-15H,16H2,1-3H3. The van der Waals surface area contributed by atoms with E-state index in [0.717, 1.165) is 4.90 Å². The number of rotatable bonds is 8. The summed E-state index contributed by atoms with van der Waals surface area (Å²) in [7, 11) is 4.55. The van der Waals surface area contributed by atoms with Crippen molar-refractivity contribution >= 4 is 28.7 Å². The van der Waals surface area contributed by atoms with Crippen molar-refractivity contribution < 1.29 is 28.6 Å². The molecule has 7 nitrogen and oxygen atoms in total. The van der Waals surface area contributed by atoms with E-state index >= 15 is 0 Å². The molecule has 0 atom stereocenters. The summed E-state index contributed by atoms with van der Waals surface area (Å²) in [6.07, 6.45) is 0. The molecule has 0 saturated heterocycles. The Labute approximate surface area is 197 Å². The maximum Gasteiger partial charge on any atom is 0.262 e. The van der Waals surface area contributed by atoms with Gasteiger partial charge in [-0.1, -0.05) is 36.4 Å². The van der Waals surface area contributed by atoms with Gasteiger partial charge >= 0.3 is 0 Å². The molecule has 1 aliphatic rings. The number of imide groups is 1. The third kappa shape index (κ3) is 4.15. The van der Waals surface area contributed by atoms with Crippen LogP contribution in [0.3, 0.4) is 0 Å². The number of amides is 2. The molecular weight excluding hydrogens is 434 g/mol. The molecule has 1 heterocycles. The van der Waals surface area contributed by atoms with E-state index in [-0.39, 0.29) is 23.5 Å². The van der Waals surface area contributed by atoms with Crippen molar-refractivity contribution in [2.24, 2.45) is 0 Å². The zero-order valence-electron chi connectivity index (χ0n) is 19.0. The number of Topliss-reactive ketones (excluding diaryl/α,β-unsaturated/α-hetero) is 1. The summed E-state index contributed by atoms with van der Waals surface area (Å²) in [6, 6.07) is 20.5. The molecular formula is C27H23NO6. The van der Waals surface area contributed by atoms with Gasteiger partial charge in [-0.3, -0.25) is 19.3 Å². The van der Waals surface area contributed by atoms with Crippen LogP contribution in [0.1, 0.15) is 21.5 Å². The highest BCUT2D eigenvalue weighted by Gasteiger charge is 2.40. The lowest BCUT2D eigenvalue weighted by molar-refractivity contribution is -0.135. The Hall–Kier alpha value is -4.39. The Morgan fingerprint density at radius 2 is 1.32 bits per heavy atom. The van der Waals surface area contributed by atoms with Crippen LogP contribution in [0.5, 0.6) is 17.2 Å². The molecule has 0 bridgehead atoms. The summed E-state index contributed by atoms with van der Waals surface area (Å²) in [5, 5.41) is 0. The van der Waals surface area contributed by atoms with Crippen LogP contribution < -0.4 is 14.2 Å². The maximum atomic E-state index is 13.5. The average molecular weight is 457 g/mol. The molecule has 0 unspecified atom stereocenters. The maximum absolute atomic E-state index is 13.5. The Kier molecular flexibility index (Phi) is 6.45. The summed E-state index contributed by atoms with van der Waals surface area (Å²) < 4.78 is 15.8. The molecule has 172 valence electrons. The normalized spacial score (nSPS) is 13.3. The van der Waals surface area contributed by atoms with Gasteiger partial charge in [-0.2, -0.15) is 0 Å². The highest BCUT2D eigenvalue weighted by molar-refractivity contribution is 6.49. The van der Waals surface area contributed by atoms with E-state index in [1.807, 2.05) is 6.07 Å². The lowest BCUT2D eigenvalue weighted by Gasteiger charge is -2.15. The second kappa shape index (κ2) is 9.62. The number of ketones is 1. The summed E-state index contributed by atoms with van der Waals surface area (Å²) in [5.74, 6) is 0.101. The molecule has 0 fully saturated rings. The van der Waals surface area contributed by atoms with Crippen molar-refractivity contribution in [1.29, 1.82) is 0 Å². The molecule has 4 rings (SSSR count). The smallest absolute Gasteiger partial charge is 0.262 e. The number of methoxy groups -OCH3 is 3. The number of hydrogen-bond donors (Lipinski definition) is 0. The fraction of sp³-hybridized carbons (Fsp3) is 0.148. The number of carbonyl (C=O) groups is 3. The van der Waals surface area contributed by atoms with Crippen LogP contribution in [0.25, 0.3) is 11.1 Å². The van der Waals surface area contributed by atoms with Crippen LogP contribution in [-0.4, -0.2) is 50.4 Å². The average Bonchev–Trinajstić information content (AvgIpc) is 3.13. The number of ether oxygens (including phenoxy) is 3. The number of hydrogen-bond acceptors (Lipinski definition) is 6.